The summed E-state index contributed by atoms with van der Waals surface area (Å²) < 4.78 is 25.7. The van der Waals surface area contributed by atoms with Gasteiger partial charge in [0.1, 0.15) is 0 Å². The molecule has 0 aromatic heterocycles. The van der Waals surface area contributed by atoms with E-state index in [2.05, 4.69) is 5.32 Å². The number of aryl methyl sites for hydroxylation is 1. The second-order valence-electron chi connectivity index (χ2n) is 6.47. The normalized spacial score (nSPS) is 15.5. The summed E-state index contributed by atoms with van der Waals surface area (Å²) in [4.78, 5) is 23.3. The Morgan fingerprint density at radius 1 is 1.19 bits per heavy atom. The largest absolute Gasteiger partial charge is 0.478 e. The number of sulfonamides is 1. The molecule has 0 aliphatic carbocycles. The average molecular weight is 388 g/mol. The van der Waals surface area contributed by atoms with E-state index in [0.29, 0.717) is 29.9 Å². The topological polar surface area (TPSA) is 104 Å². The Labute approximate surface area is 157 Å². The van der Waals surface area contributed by atoms with Crippen molar-refractivity contribution >= 4 is 33.3 Å². The molecule has 2 aromatic carbocycles. The molecule has 0 unspecified atom stereocenters. The van der Waals surface area contributed by atoms with Crippen LogP contribution in [0, 0.1) is 6.92 Å². The molecule has 8 heteroatoms. The van der Waals surface area contributed by atoms with Gasteiger partial charge < -0.3 is 10.4 Å². The first-order valence-electron chi connectivity index (χ1n) is 8.49. The summed E-state index contributed by atoms with van der Waals surface area (Å²) in [6, 6.07) is 11.3. The van der Waals surface area contributed by atoms with Crippen LogP contribution in [0.5, 0.6) is 0 Å². The van der Waals surface area contributed by atoms with Gasteiger partial charge in [0.25, 0.3) is 0 Å². The predicted octanol–water partition coefficient (Wildman–Crippen LogP) is 2.41. The summed E-state index contributed by atoms with van der Waals surface area (Å²) in [5, 5.41) is 11.8. The Bertz CT molecular complexity index is 1000. The standard InChI is InChI=1S/C19H20N2O5S/c1-13-6-7-16(12-17(13)21-8-3-9-27(21,25)26)20-18(22)11-14-4-2-5-15(10-14)19(23)24/h2,4-7,10,12H,3,8-9,11H2,1H3,(H,20,22)(H,23,24). The molecule has 3 rings (SSSR count). The average Bonchev–Trinajstić information content (AvgIpc) is 2.96. The Hall–Kier alpha value is -2.87. The van der Waals surface area contributed by atoms with E-state index in [9.17, 15) is 18.0 Å². The number of carbonyl (C=O) groups is 2. The van der Waals surface area contributed by atoms with Crippen LogP contribution in [-0.2, 0) is 21.2 Å². The monoisotopic (exact) mass is 388 g/mol. The SMILES string of the molecule is Cc1ccc(NC(=O)Cc2cccc(C(=O)O)c2)cc1N1CCCS1(=O)=O. The fourth-order valence-electron chi connectivity index (χ4n) is 3.07. The Balaban J connectivity index is 1.76. The molecule has 2 N–H and O–H groups in total. The number of aromatic carboxylic acids is 1. The number of anilines is 2. The summed E-state index contributed by atoms with van der Waals surface area (Å²) in [5.74, 6) is -1.23. The molecule has 142 valence electrons. The molecular weight excluding hydrogens is 368 g/mol. The highest BCUT2D eigenvalue weighted by Crippen LogP contribution is 2.30. The molecule has 1 aliphatic rings. The maximum absolute atomic E-state index is 12.3. The second-order valence-corrected chi connectivity index (χ2v) is 8.49. The van der Waals surface area contributed by atoms with Crippen LogP contribution in [0.2, 0.25) is 0 Å². The Kier molecular flexibility index (Phi) is 5.18. The minimum absolute atomic E-state index is 0.0202. The highest BCUT2D eigenvalue weighted by atomic mass is 32.2. The van der Waals surface area contributed by atoms with Crippen molar-refractivity contribution in [3.8, 4) is 0 Å². The van der Waals surface area contributed by atoms with Gasteiger partial charge in [-0.1, -0.05) is 18.2 Å². The summed E-state index contributed by atoms with van der Waals surface area (Å²) in [5.41, 5.74) is 2.59. The van der Waals surface area contributed by atoms with Crippen LogP contribution in [0.3, 0.4) is 0 Å². The Morgan fingerprint density at radius 3 is 2.63 bits per heavy atom. The smallest absolute Gasteiger partial charge is 0.335 e. The van der Waals surface area contributed by atoms with Crippen molar-refractivity contribution in [2.75, 3.05) is 21.9 Å². The van der Waals surface area contributed by atoms with E-state index in [-0.39, 0.29) is 23.6 Å². The zero-order valence-electron chi connectivity index (χ0n) is 14.8. The van der Waals surface area contributed by atoms with E-state index >= 15 is 0 Å². The number of nitrogens with one attached hydrogen (secondary N) is 1. The minimum Gasteiger partial charge on any atom is -0.478 e. The van der Waals surface area contributed by atoms with Crippen molar-refractivity contribution in [1.82, 2.24) is 0 Å². The van der Waals surface area contributed by atoms with Crippen molar-refractivity contribution in [2.24, 2.45) is 0 Å². The number of carboxylic acid groups (broad SMARTS) is 1. The van der Waals surface area contributed by atoms with Crippen molar-refractivity contribution in [1.29, 1.82) is 0 Å². The highest BCUT2D eigenvalue weighted by Gasteiger charge is 2.29. The van der Waals surface area contributed by atoms with Gasteiger partial charge in [-0.2, -0.15) is 0 Å². The van der Waals surface area contributed by atoms with Gasteiger partial charge in [0.05, 0.1) is 23.4 Å². The predicted molar refractivity (Wildman–Crippen MR) is 103 cm³/mol. The molecule has 0 atom stereocenters. The van der Waals surface area contributed by atoms with Gasteiger partial charge in [-0.3, -0.25) is 9.10 Å². The number of nitrogens with zero attached hydrogens (tertiary/aromatic N) is 1. The molecule has 1 amide bonds. The molecule has 0 bridgehead atoms. The van der Waals surface area contributed by atoms with Crippen LogP contribution in [0.1, 0.15) is 27.9 Å². The van der Waals surface area contributed by atoms with Crippen molar-refractivity contribution in [3.05, 3.63) is 59.2 Å². The first kappa shape index (κ1) is 18.9. The molecule has 0 saturated carbocycles. The van der Waals surface area contributed by atoms with Gasteiger partial charge in [0.2, 0.25) is 15.9 Å². The number of carbonyl (C=O) groups excluding carboxylic acids is 1. The quantitative estimate of drug-likeness (QED) is 0.819. The van der Waals surface area contributed by atoms with E-state index in [1.165, 1.54) is 16.4 Å². The zero-order valence-corrected chi connectivity index (χ0v) is 15.6. The van der Waals surface area contributed by atoms with E-state index < -0.39 is 16.0 Å². The van der Waals surface area contributed by atoms with Crippen LogP contribution in [0.25, 0.3) is 0 Å². The number of rotatable bonds is 5. The lowest BCUT2D eigenvalue weighted by atomic mass is 10.1. The number of hydrogen-bond donors (Lipinski definition) is 2. The summed E-state index contributed by atoms with van der Waals surface area (Å²) in [6.07, 6.45) is 0.602. The van der Waals surface area contributed by atoms with Crippen LogP contribution < -0.4 is 9.62 Å². The molecule has 0 spiro atoms. The van der Waals surface area contributed by atoms with E-state index in [0.717, 1.165) is 5.56 Å². The van der Waals surface area contributed by atoms with Gasteiger partial charge in [0.15, 0.2) is 0 Å². The van der Waals surface area contributed by atoms with Crippen molar-refractivity contribution in [2.45, 2.75) is 19.8 Å². The molecule has 0 radical (unpaired) electrons. The molecule has 1 aliphatic heterocycles. The maximum atomic E-state index is 12.3. The van der Waals surface area contributed by atoms with E-state index in [1.807, 2.05) is 6.92 Å². The third-order valence-corrected chi connectivity index (χ3v) is 6.25. The molecule has 1 saturated heterocycles. The maximum Gasteiger partial charge on any atom is 0.335 e. The van der Waals surface area contributed by atoms with Crippen LogP contribution >= 0.6 is 0 Å². The highest BCUT2D eigenvalue weighted by molar-refractivity contribution is 7.93. The fraction of sp³-hybridized carbons (Fsp3) is 0.263. The number of hydrogen-bond acceptors (Lipinski definition) is 4. The van der Waals surface area contributed by atoms with Gasteiger partial charge >= 0.3 is 5.97 Å². The number of amides is 1. The Morgan fingerprint density at radius 2 is 1.96 bits per heavy atom. The first-order valence-corrected chi connectivity index (χ1v) is 10.1. The first-order chi connectivity index (χ1) is 12.8. The van der Waals surface area contributed by atoms with E-state index in [1.54, 1.807) is 30.3 Å². The van der Waals surface area contributed by atoms with Crippen molar-refractivity contribution in [3.63, 3.8) is 0 Å². The molecule has 7 nitrogen and oxygen atoms in total. The zero-order chi connectivity index (χ0) is 19.6. The number of benzene rings is 2. The van der Waals surface area contributed by atoms with Crippen LogP contribution in [-0.4, -0.2) is 37.7 Å². The van der Waals surface area contributed by atoms with Gasteiger partial charge in [-0.15, -0.1) is 0 Å². The molecule has 27 heavy (non-hydrogen) atoms. The molecule has 1 fully saturated rings. The van der Waals surface area contributed by atoms with Crippen molar-refractivity contribution < 1.29 is 23.1 Å². The summed E-state index contributed by atoms with van der Waals surface area (Å²) in [6.45, 7) is 2.26. The van der Waals surface area contributed by atoms with E-state index in [4.69, 9.17) is 5.11 Å². The lowest BCUT2D eigenvalue weighted by molar-refractivity contribution is -0.115. The van der Waals surface area contributed by atoms with Gasteiger partial charge in [-0.25, -0.2) is 13.2 Å². The molecular formula is C19H20N2O5S. The van der Waals surface area contributed by atoms with Crippen LogP contribution in [0.15, 0.2) is 42.5 Å². The fourth-order valence-corrected chi connectivity index (χ4v) is 4.69. The lowest BCUT2D eigenvalue weighted by Crippen LogP contribution is -2.26. The summed E-state index contributed by atoms with van der Waals surface area (Å²) in [7, 11) is -3.30. The molecule has 1 heterocycles. The van der Waals surface area contributed by atoms with Gasteiger partial charge in [0, 0.05) is 12.2 Å². The lowest BCUT2D eigenvalue weighted by Gasteiger charge is -2.20. The summed E-state index contributed by atoms with van der Waals surface area (Å²) >= 11 is 0. The molecule has 2 aromatic rings. The third-order valence-electron chi connectivity index (χ3n) is 4.40. The second kappa shape index (κ2) is 7.40. The van der Waals surface area contributed by atoms with Gasteiger partial charge in [-0.05, 0) is 48.7 Å². The third kappa shape index (κ3) is 4.28. The van der Waals surface area contributed by atoms with Crippen LogP contribution in [0.4, 0.5) is 11.4 Å². The number of carboxylic acids is 1. The minimum atomic E-state index is -3.30.